The first-order chi connectivity index (χ1) is 9.89. The van der Waals surface area contributed by atoms with Crippen molar-refractivity contribution in [3.05, 3.63) is 35.1 Å². The molecule has 8 heteroatoms. The second-order valence-corrected chi connectivity index (χ2v) is 5.07. The van der Waals surface area contributed by atoms with Crippen molar-refractivity contribution in [3.63, 3.8) is 0 Å². The van der Waals surface area contributed by atoms with E-state index in [0.29, 0.717) is 18.5 Å². The van der Waals surface area contributed by atoms with Gasteiger partial charge in [0.2, 0.25) is 0 Å². The third kappa shape index (κ3) is 4.58. The molecule has 1 aliphatic heterocycles. The Hall–Kier alpha value is -1.34. The minimum atomic E-state index is -4.81. The molecule has 0 aliphatic carbocycles. The van der Waals surface area contributed by atoms with Gasteiger partial charge in [-0.15, -0.1) is 12.4 Å². The molecular weight excluding hydrogens is 324 g/mol. The fraction of sp³-hybridized carbons (Fsp3) is 0.500. The molecule has 1 aromatic carbocycles. The van der Waals surface area contributed by atoms with Crippen LogP contribution in [0.2, 0.25) is 0 Å². The predicted molar refractivity (Wildman–Crippen MR) is 76.6 cm³/mol. The van der Waals surface area contributed by atoms with Crippen LogP contribution in [0.15, 0.2) is 18.2 Å². The third-order valence-electron chi connectivity index (χ3n) is 3.55. The Morgan fingerprint density at radius 2 is 2.09 bits per heavy atom. The zero-order chi connectivity index (χ0) is 15.5. The van der Waals surface area contributed by atoms with Gasteiger partial charge in [-0.2, -0.15) is 13.2 Å². The summed E-state index contributed by atoms with van der Waals surface area (Å²) in [7, 11) is 0. The van der Waals surface area contributed by atoms with Crippen molar-refractivity contribution in [2.24, 2.45) is 5.92 Å². The Labute approximate surface area is 131 Å². The fourth-order valence-electron chi connectivity index (χ4n) is 2.37. The number of carbonyl (C=O) groups is 1. The van der Waals surface area contributed by atoms with E-state index in [9.17, 15) is 22.4 Å². The largest absolute Gasteiger partial charge is 0.419 e. The number of halogens is 5. The summed E-state index contributed by atoms with van der Waals surface area (Å²) >= 11 is 0. The van der Waals surface area contributed by atoms with Gasteiger partial charge in [-0.3, -0.25) is 4.79 Å². The van der Waals surface area contributed by atoms with Crippen molar-refractivity contribution in [2.75, 3.05) is 19.6 Å². The fourth-order valence-corrected chi connectivity index (χ4v) is 2.37. The molecule has 1 amide bonds. The number of nitrogens with one attached hydrogen (secondary N) is 2. The molecule has 1 fully saturated rings. The molecular formula is C14H17ClF4N2O. The predicted octanol–water partition coefficient (Wildman–Crippen LogP) is 3.00. The highest BCUT2D eigenvalue weighted by Crippen LogP contribution is 2.32. The van der Waals surface area contributed by atoms with E-state index in [0.717, 1.165) is 38.1 Å². The van der Waals surface area contributed by atoms with E-state index in [2.05, 4.69) is 10.6 Å². The quantitative estimate of drug-likeness (QED) is 0.827. The highest BCUT2D eigenvalue weighted by Gasteiger charge is 2.35. The maximum Gasteiger partial charge on any atom is 0.419 e. The summed E-state index contributed by atoms with van der Waals surface area (Å²) < 4.78 is 51.5. The van der Waals surface area contributed by atoms with Crippen molar-refractivity contribution in [3.8, 4) is 0 Å². The Balaban J connectivity index is 0.00000242. The van der Waals surface area contributed by atoms with Crippen LogP contribution in [0.25, 0.3) is 0 Å². The van der Waals surface area contributed by atoms with Crippen LogP contribution < -0.4 is 10.6 Å². The Morgan fingerprint density at radius 1 is 1.36 bits per heavy atom. The minimum Gasteiger partial charge on any atom is -0.352 e. The van der Waals surface area contributed by atoms with E-state index in [1.54, 1.807) is 0 Å². The average Bonchev–Trinajstić information content (AvgIpc) is 2.90. The standard InChI is InChI=1S/C14H16F4N2O.ClH/c15-12-10(2-1-3-11(12)14(16,17)18)13(21)20-7-5-9-4-6-19-8-9;/h1-3,9,19H,4-8H2,(H,20,21);1H. The first-order valence-electron chi connectivity index (χ1n) is 6.74. The van der Waals surface area contributed by atoms with Gasteiger partial charge in [-0.25, -0.2) is 4.39 Å². The SMILES string of the molecule is Cl.O=C(NCCC1CCNC1)c1cccc(C(F)(F)F)c1F. The highest BCUT2D eigenvalue weighted by atomic mass is 35.5. The van der Waals surface area contributed by atoms with Crippen LogP contribution in [0.3, 0.4) is 0 Å². The van der Waals surface area contributed by atoms with Crippen LogP contribution in [0.1, 0.15) is 28.8 Å². The zero-order valence-corrected chi connectivity index (χ0v) is 12.5. The molecule has 1 aliphatic rings. The number of rotatable bonds is 4. The van der Waals surface area contributed by atoms with Crippen LogP contribution in [-0.2, 0) is 6.18 Å². The molecule has 0 saturated carbocycles. The van der Waals surface area contributed by atoms with Crippen molar-refractivity contribution in [1.29, 1.82) is 0 Å². The molecule has 22 heavy (non-hydrogen) atoms. The normalized spacial score (nSPS) is 17.9. The van der Waals surface area contributed by atoms with Gasteiger partial charge in [0.15, 0.2) is 0 Å². The van der Waals surface area contributed by atoms with E-state index >= 15 is 0 Å². The second kappa shape index (κ2) is 7.78. The van der Waals surface area contributed by atoms with E-state index < -0.39 is 29.0 Å². The smallest absolute Gasteiger partial charge is 0.352 e. The molecule has 124 valence electrons. The summed E-state index contributed by atoms with van der Waals surface area (Å²) in [6, 6.07) is 2.70. The summed E-state index contributed by atoms with van der Waals surface area (Å²) in [5.41, 5.74) is -2.00. The van der Waals surface area contributed by atoms with Gasteiger partial charge in [0.05, 0.1) is 11.1 Å². The topological polar surface area (TPSA) is 41.1 Å². The maximum absolute atomic E-state index is 13.8. The van der Waals surface area contributed by atoms with Gasteiger partial charge in [-0.05, 0) is 44.0 Å². The molecule has 1 unspecified atom stereocenters. The van der Waals surface area contributed by atoms with E-state index in [1.807, 2.05) is 0 Å². The van der Waals surface area contributed by atoms with Gasteiger partial charge < -0.3 is 10.6 Å². The number of carbonyl (C=O) groups excluding carboxylic acids is 1. The van der Waals surface area contributed by atoms with Gasteiger partial charge in [-0.1, -0.05) is 6.07 Å². The number of benzene rings is 1. The number of alkyl halides is 3. The zero-order valence-electron chi connectivity index (χ0n) is 11.7. The number of hydrogen-bond acceptors (Lipinski definition) is 2. The molecule has 0 radical (unpaired) electrons. The van der Waals surface area contributed by atoms with Gasteiger partial charge in [0.1, 0.15) is 5.82 Å². The molecule has 0 spiro atoms. The van der Waals surface area contributed by atoms with E-state index in [1.165, 1.54) is 0 Å². The van der Waals surface area contributed by atoms with Crippen LogP contribution in [0.4, 0.5) is 17.6 Å². The van der Waals surface area contributed by atoms with E-state index in [-0.39, 0.29) is 12.4 Å². The van der Waals surface area contributed by atoms with Gasteiger partial charge >= 0.3 is 6.18 Å². The third-order valence-corrected chi connectivity index (χ3v) is 3.55. The maximum atomic E-state index is 13.8. The molecule has 3 nitrogen and oxygen atoms in total. The number of amides is 1. The van der Waals surface area contributed by atoms with Crippen molar-refractivity contribution < 1.29 is 22.4 Å². The number of hydrogen-bond donors (Lipinski definition) is 2. The van der Waals surface area contributed by atoms with Gasteiger partial charge in [0.25, 0.3) is 5.91 Å². The summed E-state index contributed by atoms with van der Waals surface area (Å²) in [5, 5.41) is 5.65. The first-order valence-corrected chi connectivity index (χ1v) is 6.74. The Kier molecular flexibility index (Phi) is 6.62. The molecule has 2 N–H and O–H groups in total. The second-order valence-electron chi connectivity index (χ2n) is 5.07. The lowest BCUT2D eigenvalue weighted by Crippen LogP contribution is -2.28. The summed E-state index contributed by atoms with van der Waals surface area (Å²) in [4.78, 5) is 11.8. The first kappa shape index (κ1) is 18.7. The molecule has 1 saturated heterocycles. The van der Waals surface area contributed by atoms with Crippen LogP contribution in [0, 0.1) is 11.7 Å². The van der Waals surface area contributed by atoms with Crippen LogP contribution in [-0.4, -0.2) is 25.5 Å². The lowest BCUT2D eigenvalue weighted by Gasteiger charge is -2.12. The molecule has 0 aromatic heterocycles. The van der Waals surface area contributed by atoms with Crippen molar-refractivity contribution in [1.82, 2.24) is 10.6 Å². The van der Waals surface area contributed by atoms with Crippen molar-refractivity contribution in [2.45, 2.75) is 19.0 Å². The van der Waals surface area contributed by atoms with Gasteiger partial charge in [0, 0.05) is 6.54 Å². The van der Waals surface area contributed by atoms with Crippen molar-refractivity contribution >= 4 is 18.3 Å². The Bertz CT molecular complexity index is 516. The summed E-state index contributed by atoms with van der Waals surface area (Å²) in [6.45, 7) is 2.12. The lowest BCUT2D eigenvalue weighted by molar-refractivity contribution is -0.140. The molecule has 0 bridgehead atoms. The lowest BCUT2D eigenvalue weighted by atomic mass is 10.0. The van der Waals surface area contributed by atoms with Crippen LogP contribution >= 0.6 is 12.4 Å². The Morgan fingerprint density at radius 3 is 2.68 bits per heavy atom. The monoisotopic (exact) mass is 340 g/mol. The highest BCUT2D eigenvalue weighted by molar-refractivity contribution is 5.94. The minimum absolute atomic E-state index is 0. The summed E-state index contributed by atoms with van der Waals surface area (Å²) in [6.07, 6.45) is -3.08. The molecule has 1 aromatic rings. The van der Waals surface area contributed by atoms with Crippen LogP contribution in [0.5, 0.6) is 0 Å². The molecule has 2 rings (SSSR count). The average molecular weight is 341 g/mol. The molecule has 1 atom stereocenters. The summed E-state index contributed by atoms with van der Waals surface area (Å²) in [5.74, 6) is -1.90. The molecule has 1 heterocycles. The van der Waals surface area contributed by atoms with E-state index in [4.69, 9.17) is 0 Å².